The maximum Gasteiger partial charge on any atom is 0.216 e. The predicted octanol–water partition coefficient (Wildman–Crippen LogP) is 12.5. The summed E-state index contributed by atoms with van der Waals surface area (Å²) in [5.41, 5.74) is 8.85. The fourth-order valence-corrected chi connectivity index (χ4v) is 6.63. The molecule has 271 valence electrons. The van der Waals surface area contributed by atoms with Gasteiger partial charge in [0, 0.05) is 49.9 Å². The van der Waals surface area contributed by atoms with Crippen molar-refractivity contribution in [2.24, 2.45) is 5.41 Å². The molecular weight excluding hydrogens is 829 g/mol. The first-order valence-electron chi connectivity index (χ1n) is 20.3. The van der Waals surface area contributed by atoms with Crippen molar-refractivity contribution in [1.82, 2.24) is 19.5 Å². The molecule has 4 aromatic heterocycles. The molecule has 8 rings (SSSR count). The van der Waals surface area contributed by atoms with Crippen molar-refractivity contribution >= 4 is 33.1 Å². The van der Waals surface area contributed by atoms with Gasteiger partial charge in [0.2, 0.25) is 5.71 Å². The van der Waals surface area contributed by atoms with Crippen LogP contribution in [0.1, 0.15) is 89.5 Å². The van der Waals surface area contributed by atoms with E-state index in [1.165, 1.54) is 22.9 Å². The second-order valence-corrected chi connectivity index (χ2v) is 14.7. The van der Waals surface area contributed by atoms with E-state index in [-0.39, 0.29) is 31.5 Å². The number of hydrogen-bond acceptors (Lipinski definition) is 4. The SMILES string of the molecule is CC(C)c1cccc(C(C)C)c1-n1c(-c2[c-]cccc2)nc2ccccc21.[2H]C([2H])([2H])c1ccc2c(n1)oc1c(-c3cc(C([2H])([2H])C(C)(C)C)ccn3)[c-]ccc12.[Ir]. The van der Waals surface area contributed by atoms with E-state index in [4.69, 9.17) is 16.3 Å². The molecule has 4 aromatic carbocycles. The molecule has 5 nitrogen and oxygen atoms in total. The molecule has 0 atom stereocenters. The summed E-state index contributed by atoms with van der Waals surface area (Å²) >= 11 is 0. The predicted molar refractivity (Wildman–Crippen MR) is 215 cm³/mol. The number of fused-ring (bicyclic) bond motifs is 4. The molecule has 0 amide bonds. The van der Waals surface area contributed by atoms with Crippen LogP contribution in [-0.4, -0.2) is 19.5 Å². The van der Waals surface area contributed by atoms with E-state index in [0.717, 1.165) is 27.8 Å². The van der Waals surface area contributed by atoms with Crippen LogP contribution < -0.4 is 0 Å². The van der Waals surface area contributed by atoms with Gasteiger partial charge in [0.1, 0.15) is 0 Å². The monoisotopic (exact) mass is 880 g/mol. The summed E-state index contributed by atoms with van der Waals surface area (Å²) in [6, 6.07) is 39.8. The van der Waals surface area contributed by atoms with E-state index in [9.17, 15) is 0 Å². The Hall–Kier alpha value is -4.90. The third kappa shape index (κ3) is 7.90. The van der Waals surface area contributed by atoms with Crippen LogP contribution in [0.15, 0.2) is 114 Å². The van der Waals surface area contributed by atoms with Gasteiger partial charge in [0.25, 0.3) is 0 Å². The van der Waals surface area contributed by atoms with Gasteiger partial charge in [-0.3, -0.25) is 4.98 Å². The molecule has 0 N–H and O–H groups in total. The third-order valence-electron chi connectivity index (χ3n) is 8.91. The first-order valence-corrected chi connectivity index (χ1v) is 17.8. The molecule has 4 heterocycles. The minimum atomic E-state index is -2.32. The average Bonchev–Trinajstić information content (AvgIpc) is 3.76. The number of imidazole rings is 1. The quantitative estimate of drug-likeness (QED) is 0.156. The number of benzene rings is 4. The summed E-state index contributed by atoms with van der Waals surface area (Å²) in [6.45, 7) is 12.3. The summed E-state index contributed by atoms with van der Waals surface area (Å²) < 4.78 is 48.1. The molecule has 0 unspecified atom stereocenters. The smallest absolute Gasteiger partial charge is 0.216 e. The van der Waals surface area contributed by atoms with Crippen molar-refractivity contribution in [1.29, 1.82) is 0 Å². The van der Waals surface area contributed by atoms with Crippen molar-refractivity contribution in [3.05, 3.63) is 144 Å². The maximum absolute atomic E-state index is 8.55. The zero-order valence-electron chi connectivity index (χ0n) is 36.1. The zero-order valence-corrected chi connectivity index (χ0v) is 33.5. The number of nitrogens with zero attached hydrogens (tertiary/aromatic N) is 4. The molecule has 0 saturated heterocycles. The van der Waals surface area contributed by atoms with Gasteiger partial charge in [-0.15, -0.1) is 54.1 Å². The molecule has 0 spiro atoms. The third-order valence-corrected chi connectivity index (χ3v) is 8.91. The maximum atomic E-state index is 8.55. The van der Waals surface area contributed by atoms with Crippen LogP contribution >= 0.6 is 0 Å². The number of aromatic nitrogens is 4. The fourth-order valence-electron chi connectivity index (χ4n) is 6.63. The van der Waals surface area contributed by atoms with Gasteiger partial charge in [0.15, 0.2) is 0 Å². The second kappa shape index (κ2) is 15.6. The van der Waals surface area contributed by atoms with E-state index < -0.39 is 18.6 Å². The summed E-state index contributed by atoms with van der Waals surface area (Å²) in [4.78, 5) is 13.6. The van der Waals surface area contributed by atoms with Gasteiger partial charge in [-0.2, -0.15) is 0 Å². The standard InChI is InChI=1S/C25H25N2.C22H21N2O.Ir/c1-17(2)20-13-10-14-21(18(3)4)24(20)27-23-16-9-8-15-22(23)26-25(27)19-11-6-5-7-12-19;1-14-8-9-17-16-6-5-7-18(20(16)25-21(17)24-14)19-12-15(10-11-23-19)13-22(2,3)4;/h5-11,13-18H,1-4H3;5-6,8-12H,13H2,1-4H3;/q2*-1;/i;1D3,13D2;. The van der Waals surface area contributed by atoms with E-state index in [0.29, 0.717) is 39.6 Å². The van der Waals surface area contributed by atoms with Gasteiger partial charge in [-0.05, 0) is 77.6 Å². The first kappa shape index (κ1) is 31.6. The molecule has 0 aliphatic heterocycles. The van der Waals surface area contributed by atoms with Crippen molar-refractivity contribution in [2.75, 3.05) is 0 Å². The van der Waals surface area contributed by atoms with Crippen molar-refractivity contribution in [3.8, 4) is 28.3 Å². The fraction of sp³-hybridized carbons (Fsp3) is 0.255. The van der Waals surface area contributed by atoms with Gasteiger partial charge in [-0.1, -0.05) is 101 Å². The Labute approximate surface area is 333 Å². The van der Waals surface area contributed by atoms with Crippen LogP contribution in [0.25, 0.3) is 61.4 Å². The van der Waals surface area contributed by atoms with Crippen molar-refractivity contribution in [2.45, 2.75) is 73.5 Å². The molecule has 6 heteroatoms. The minimum absolute atomic E-state index is 0. The molecule has 53 heavy (non-hydrogen) atoms. The van der Waals surface area contributed by atoms with E-state index in [1.54, 1.807) is 30.5 Å². The number of para-hydroxylation sites is 3. The Balaban J connectivity index is 0.000000193. The number of rotatable bonds is 6. The minimum Gasteiger partial charge on any atom is -0.486 e. The summed E-state index contributed by atoms with van der Waals surface area (Å²) in [6.07, 6.45) is 0.0111. The van der Waals surface area contributed by atoms with Gasteiger partial charge < -0.3 is 14.0 Å². The molecule has 0 aliphatic rings. The van der Waals surface area contributed by atoms with Crippen LogP contribution in [0.5, 0.6) is 0 Å². The summed E-state index contributed by atoms with van der Waals surface area (Å²) in [7, 11) is 0. The first-order chi connectivity index (χ1) is 27.0. The van der Waals surface area contributed by atoms with Crippen molar-refractivity contribution in [3.63, 3.8) is 0 Å². The van der Waals surface area contributed by atoms with Gasteiger partial charge >= 0.3 is 0 Å². The molecule has 0 bridgehead atoms. The topological polar surface area (TPSA) is 56.7 Å². The molecule has 8 aromatic rings. The summed E-state index contributed by atoms with van der Waals surface area (Å²) in [5.74, 6) is 1.80. The Morgan fingerprint density at radius 3 is 2.26 bits per heavy atom. The normalized spacial score (nSPS) is 13.6. The van der Waals surface area contributed by atoms with E-state index >= 15 is 0 Å². The molecule has 1 radical (unpaired) electrons. The largest absolute Gasteiger partial charge is 0.486 e. The van der Waals surface area contributed by atoms with Crippen LogP contribution in [0.4, 0.5) is 0 Å². The number of furan rings is 1. The van der Waals surface area contributed by atoms with Gasteiger partial charge in [0.05, 0.1) is 22.4 Å². The second-order valence-electron chi connectivity index (χ2n) is 14.7. The number of pyridine rings is 2. The zero-order chi connectivity index (χ0) is 40.9. The number of hydrogen-bond donors (Lipinski definition) is 0. The number of aryl methyl sites for hydroxylation is 1. The Morgan fingerprint density at radius 2 is 1.57 bits per heavy atom. The molecule has 0 saturated carbocycles. The van der Waals surface area contributed by atoms with Crippen LogP contribution in [0.2, 0.25) is 0 Å². The van der Waals surface area contributed by atoms with Gasteiger partial charge in [-0.25, -0.2) is 4.98 Å². The van der Waals surface area contributed by atoms with Crippen LogP contribution in [-0.2, 0) is 26.5 Å². The molecule has 0 aliphatic carbocycles. The Bertz CT molecular complexity index is 2680. The molecule has 0 fully saturated rings. The van der Waals surface area contributed by atoms with Crippen LogP contribution in [0.3, 0.4) is 0 Å². The molecular formula is C47H46IrN4O-2. The summed E-state index contributed by atoms with van der Waals surface area (Å²) in [5, 5.41) is 1.48. The average molecular weight is 880 g/mol. The van der Waals surface area contributed by atoms with E-state index in [2.05, 4.69) is 103 Å². The Kier molecular flexibility index (Phi) is 9.30. The van der Waals surface area contributed by atoms with Crippen molar-refractivity contribution < 1.29 is 31.4 Å². The van der Waals surface area contributed by atoms with E-state index in [1.807, 2.05) is 45.0 Å². The Morgan fingerprint density at radius 1 is 0.811 bits per heavy atom. The van der Waals surface area contributed by atoms with Crippen LogP contribution in [0, 0.1) is 24.4 Å².